The van der Waals surface area contributed by atoms with Crippen LogP contribution in [0, 0.1) is 6.92 Å². The molecule has 3 rings (SSSR count). The van der Waals surface area contributed by atoms with Gasteiger partial charge in [0, 0.05) is 57.4 Å². The van der Waals surface area contributed by atoms with E-state index in [9.17, 15) is 13.2 Å². The average molecular weight is 437 g/mol. The molecule has 2 saturated heterocycles. The van der Waals surface area contributed by atoms with Crippen LogP contribution in [0.2, 0.25) is 0 Å². The number of sulfonamides is 1. The van der Waals surface area contributed by atoms with Crippen molar-refractivity contribution >= 4 is 15.9 Å². The highest BCUT2D eigenvalue weighted by atomic mass is 32.2. The molecule has 1 atom stereocenters. The normalized spacial score (nSPS) is 21.9. The molecular weight excluding hydrogens is 400 g/mol. The summed E-state index contributed by atoms with van der Waals surface area (Å²) in [6, 6.07) is 5.64. The molecule has 0 aromatic heterocycles. The number of hydrogen-bond donors (Lipinski definition) is 0. The van der Waals surface area contributed by atoms with E-state index in [-0.39, 0.29) is 10.8 Å². The minimum atomic E-state index is -3.60. The van der Waals surface area contributed by atoms with Gasteiger partial charge < -0.3 is 9.80 Å². The summed E-state index contributed by atoms with van der Waals surface area (Å²) in [6.45, 7) is 11.6. The quantitative estimate of drug-likeness (QED) is 0.681. The highest BCUT2D eigenvalue weighted by molar-refractivity contribution is 7.89. The van der Waals surface area contributed by atoms with Gasteiger partial charge in [-0.1, -0.05) is 19.9 Å². The van der Waals surface area contributed by atoms with Crippen LogP contribution >= 0.6 is 0 Å². The topological polar surface area (TPSA) is 64.2 Å². The monoisotopic (exact) mass is 436 g/mol. The van der Waals surface area contributed by atoms with Crippen molar-refractivity contribution in [1.82, 2.24) is 19.0 Å². The predicted molar refractivity (Wildman–Crippen MR) is 119 cm³/mol. The summed E-state index contributed by atoms with van der Waals surface area (Å²) in [6.07, 6.45) is 2.45. The number of rotatable bonds is 6. The van der Waals surface area contributed by atoms with Crippen LogP contribution in [0.3, 0.4) is 0 Å². The Morgan fingerprint density at radius 1 is 1.10 bits per heavy atom. The van der Waals surface area contributed by atoms with Gasteiger partial charge in [0.2, 0.25) is 10.0 Å². The van der Waals surface area contributed by atoms with E-state index in [4.69, 9.17) is 0 Å². The molecule has 1 aromatic carbocycles. The van der Waals surface area contributed by atoms with Gasteiger partial charge in [0.15, 0.2) is 0 Å². The summed E-state index contributed by atoms with van der Waals surface area (Å²) < 4.78 is 27.4. The Labute approximate surface area is 181 Å². The number of hydrogen-bond acceptors (Lipinski definition) is 5. The van der Waals surface area contributed by atoms with Crippen molar-refractivity contribution in [3.8, 4) is 0 Å². The summed E-state index contributed by atoms with van der Waals surface area (Å²) in [5.74, 6) is -0.0774. The molecule has 168 valence electrons. The van der Waals surface area contributed by atoms with E-state index in [1.807, 2.05) is 18.7 Å². The number of aryl methyl sites for hydroxylation is 1. The summed E-state index contributed by atoms with van der Waals surface area (Å²) >= 11 is 0. The number of amides is 1. The summed E-state index contributed by atoms with van der Waals surface area (Å²) in [5, 5.41) is 0. The fourth-order valence-electron chi connectivity index (χ4n) is 4.62. The smallest absolute Gasteiger partial charge is 0.253 e. The minimum Gasteiger partial charge on any atom is -0.336 e. The molecule has 2 heterocycles. The highest BCUT2D eigenvalue weighted by Gasteiger charge is 2.30. The standard InChI is InChI=1S/C22H36N4O3S/c1-5-26(6-2)30(28,29)21-16-19(10-9-18(21)3)22(27)25-14-12-24(13-15-25)20-8-7-11-23(4)17-20/h9-10,16,20H,5-8,11-15,17H2,1-4H3. The lowest BCUT2D eigenvalue weighted by atomic mass is 10.0. The average Bonchev–Trinajstić information content (AvgIpc) is 2.74. The van der Waals surface area contributed by atoms with E-state index in [0.29, 0.717) is 43.3 Å². The Morgan fingerprint density at radius 2 is 1.77 bits per heavy atom. The molecule has 8 heteroatoms. The van der Waals surface area contributed by atoms with Crippen LogP contribution in [-0.2, 0) is 10.0 Å². The first-order chi connectivity index (χ1) is 14.3. The first-order valence-electron chi connectivity index (χ1n) is 11.1. The van der Waals surface area contributed by atoms with Gasteiger partial charge in [0.05, 0.1) is 4.90 Å². The van der Waals surface area contributed by atoms with Crippen LogP contribution in [0.5, 0.6) is 0 Å². The Kier molecular flexibility index (Phi) is 7.55. The second kappa shape index (κ2) is 9.77. The van der Waals surface area contributed by atoms with Gasteiger partial charge in [-0.05, 0) is 51.1 Å². The van der Waals surface area contributed by atoms with Gasteiger partial charge in [-0.3, -0.25) is 9.69 Å². The maximum Gasteiger partial charge on any atom is 0.253 e. The molecule has 0 aliphatic carbocycles. The molecule has 0 N–H and O–H groups in total. The van der Waals surface area contributed by atoms with Crippen LogP contribution in [0.25, 0.3) is 0 Å². The molecular formula is C22H36N4O3S. The van der Waals surface area contributed by atoms with Gasteiger partial charge in [0.25, 0.3) is 5.91 Å². The van der Waals surface area contributed by atoms with E-state index < -0.39 is 10.0 Å². The molecule has 7 nitrogen and oxygen atoms in total. The van der Waals surface area contributed by atoms with Crippen molar-refractivity contribution in [3.05, 3.63) is 29.3 Å². The van der Waals surface area contributed by atoms with Gasteiger partial charge in [-0.2, -0.15) is 4.31 Å². The molecule has 0 spiro atoms. The highest BCUT2D eigenvalue weighted by Crippen LogP contribution is 2.23. The maximum atomic E-state index is 13.1. The van der Waals surface area contributed by atoms with Crippen LogP contribution < -0.4 is 0 Å². The zero-order chi connectivity index (χ0) is 21.9. The molecule has 0 bridgehead atoms. The van der Waals surface area contributed by atoms with Gasteiger partial charge >= 0.3 is 0 Å². The number of carbonyl (C=O) groups is 1. The van der Waals surface area contributed by atoms with Crippen molar-refractivity contribution in [2.75, 3.05) is 59.4 Å². The van der Waals surface area contributed by atoms with E-state index in [1.54, 1.807) is 25.1 Å². The van der Waals surface area contributed by atoms with Crippen LogP contribution in [0.4, 0.5) is 0 Å². The first-order valence-corrected chi connectivity index (χ1v) is 12.5. The molecule has 2 fully saturated rings. The molecule has 1 amide bonds. The van der Waals surface area contributed by atoms with Crippen molar-refractivity contribution in [2.45, 2.75) is 44.6 Å². The number of carbonyl (C=O) groups excluding carboxylic acids is 1. The maximum absolute atomic E-state index is 13.1. The van der Waals surface area contributed by atoms with Gasteiger partial charge in [-0.25, -0.2) is 8.42 Å². The van der Waals surface area contributed by atoms with E-state index in [1.165, 1.54) is 23.7 Å². The van der Waals surface area contributed by atoms with Crippen LogP contribution in [0.1, 0.15) is 42.6 Å². The molecule has 30 heavy (non-hydrogen) atoms. The SMILES string of the molecule is CCN(CC)S(=O)(=O)c1cc(C(=O)N2CCN(C3CCCN(C)C3)CC2)ccc1C. The number of benzene rings is 1. The molecule has 2 aliphatic rings. The third kappa shape index (κ3) is 4.88. The fourth-order valence-corrected chi connectivity index (χ4v) is 6.33. The first kappa shape index (κ1) is 23.2. The summed E-state index contributed by atoms with van der Waals surface area (Å²) in [4.78, 5) is 20.1. The number of nitrogens with zero attached hydrogens (tertiary/aromatic N) is 4. The number of likely N-dealkylation sites (N-methyl/N-ethyl adjacent to an activating group) is 1. The largest absolute Gasteiger partial charge is 0.336 e. The lowest BCUT2D eigenvalue weighted by Gasteiger charge is -2.42. The molecule has 1 aromatic rings. The number of likely N-dealkylation sites (tertiary alicyclic amines) is 1. The third-order valence-electron chi connectivity index (χ3n) is 6.48. The third-order valence-corrected chi connectivity index (χ3v) is 8.67. The Bertz CT molecular complexity index is 846. The van der Waals surface area contributed by atoms with Crippen LogP contribution in [0.15, 0.2) is 23.1 Å². The Morgan fingerprint density at radius 3 is 2.37 bits per heavy atom. The van der Waals surface area contributed by atoms with Gasteiger partial charge in [-0.15, -0.1) is 0 Å². The number of piperazine rings is 1. The fraction of sp³-hybridized carbons (Fsp3) is 0.682. The van der Waals surface area contributed by atoms with E-state index in [0.717, 1.165) is 19.6 Å². The molecule has 1 unspecified atom stereocenters. The Balaban J connectivity index is 1.71. The Hall–Kier alpha value is -1.48. The van der Waals surface area contributed by atoms with E-state index in [2.05, 4.69) is 16.8 Å². The second-order valence-corrected chi connectivity index (χ2v) is 10.4. The van der Waals surface area contributed by atoms with Gasteiger partial charge in [0.1, 0.15) is 0 Å². The lowest BCUT2D eigenvalue weighted by Crippen LogP contribution is -2.55. The van der Waals surface area contributed by atoms with Crippen molar-refractivity contribution < 1.29 is 13.2 Å². The lowest BCUT2D eigenvalue weighted by molar-refractivity contribution is 0.0452. The summed E-state index contributed by atoms with van der Waals surface area (Å²) in [5.41, 5.74) is 1.13. The van der Waals surface area contributed by atoms with Crippen LogP contribution in [-0.4, -0.2) is 98.8 Å². The minimum absolute atomic E-state index is 0.0774. The zero-order valence-electron chi connectivity index (χ0n) is 18.8. The predicted octanol–water partition coefficient (Wildman–Crippen LogP) is 1.88. The van der Waals surface area contributed by atoms with Crippen molar-refractivity contribution in [3.63, 3.8) is 0 Å². The zero-order valence-corrected chi connectivity index (χ0v) is 19.6. The second-order valence-electron chi connectivity index (χ2n) is 8.46. The molecule has 0 radical (unpaired) electrons. The van der Waals surface area contributed by atoms with E-state index >= 15 is 0 Å². The number of piperidine rings is 1. The van der Waals surface area contributed by atoms with Crippen molar-refractivity contribution in [1.29, 1.82) is 0 Å². The molecule has 2 aliphatic heterocycles. The van der Waals surface area contributed by atoms with Crippen molar-refractivity contribution in [2.24, 2.45) is 0 Å². The molecule has 0 saturated carbocycles. The summed E-state index contributed by atoms with van der Waals surface area (Å²) in [7, 11) is -1.42.